The monoisotopic (exact) mass is 455 g/mol. The van der Waals surface area contributed by atoms with Crippen LogP contribution in [0.1, 0.15) is 21.7 Å². The van der Waals surface area contributed by atoms with Gasteiger partial charge in [-0.3, -0.25) is 0 Å². The Balaban J connectivity index is 1.91. The Labute approximate surface area is 164 Å². The van der Waals surface area contributed by atoms with Crippen LogP contribution >= 0.6 is 22.6 Å². The van der Waals surface area contributed by atoms with Crippen molar-refractivity contribution in [1.82, 2.24) is 0 Å². The Kier molecular flexibility index (Phi) is 5.54. The first-order chi connectivity index (χ1) is 12.6. The molecule has 0 spiro atoms. The second kappa shape index (κ2) is 8.02. The van der Waals surface area contributed by atoms with Gasteiger partial charge in [-0.2, -0.15) is 5.26 Å². The minimum atomic E-state index is -0.399. The lowest BCUT2D eigenvalue weighted by atomic mass is 10.1. The third kappa shape index (κ3) is 4.03. The number of nitriles is 1. The molecule has 4 nitrogen and oxygen atoms in total. The molecule has 128 valence electrons. The molecule has 0 N–H and O–H groups in total. The molecule has 5 heteroatoms. The van der Waals surface area contributed by atoms with Gasteiger partial charge < -0.3 is 9.15 Å². The van der Waals surface area contributed by atoms with Gasteiger partial charge in [0.1, 0.15) is 11.5 Å². The fourth-order valence-corrected chi connectivity index (χ4v) is 2.81. The van der Waals surface area contributed by atoms with Gasteiger partial charge in [0.05, 0.1) is 24.3 Å². The number of methoxy groups -OCH3 is 1. The molecular weight excluding hydrogens is 441 g/mol. The topological polar surface area (TPSA) is 63.2 Å². The molecule has 2 aromatic carbocycles. The number of nitrogens with zero attached hydrogens (tertiary/aromatic N) is 1. The number of hydrogen-bond acceptors (Lipinski definition) is 4. The summed E-state index contributed by atoms with van der Waals surface area (Å²) in [5.74, 6) is 0.782. The molecule has 0 fully saturated rings. The van der Waals surface area contributed by atoms with Crippen LogP contribution in [0.25, 0.3) is 23.0 Å². The van der Waals surface area contributed by atoms with Gasteiger partial charge in [-0.1, -0.05) is 24.3 Å². The number of esters is 1. The number of carbonyl (C=O) groups excluding carboxylic acids is 1. The Hall–Kier alpha value is -2.85. The fraction of sp³-hybridized carbons (Fsp3) is 0.0476. The van der Waals surface area contributed by atoms with Crippen LogP contribution in [0.3, 0.4) is 0 Å². The summed E-state index contributed by atoms with van der Waals surface area (Å²) in [6.07, 6.45) is 1.70. The van der Waals surface area contributed by atoms with Crippen molar-refractivity contribution in [3.05, 3.63) is 81.1 Å². The summed E-state index contributed by atoms with van der Waals surface area (Å²) >= 11 is 2.22. The molecule has 0 amide bonds. The number of hydrogen-bond donors (Lipinski definition) is 0. The molecule has 0 radical (unpaired) electrons. The first kappa shape index (κ1) is 18.0. The fourth-order valence-electron chi connectivity index (χ4n) is 2.45. The lowest BCUT2D eigenvalue weighted by molar-refractivity contribution is 0.0601. The normalized spacial score (nSPS) is 11.0. The molecule has 0 aliphatic heterocycles. The summed E-state index contributed by atoms with van der Waals surface area (Å²) in [7, 11) is 1.35. The van der Waals surface area contributed by atoms with E-state index in [1.807, 2.05) is 36.4 Å². The van der Waals surface area contributed by atoms with Crippen LogP contribution < -0.4 is 0 Å². The molecule has 1 heterocycles. The molecule has 0 saturated carbocycles. The molecule has 0 unspecified atom stereocenters. The molecule has 0 saturated heterocycles. The Bertz CT molecular complexity index is 1010. The number of furan rings is 1. The van der Waals surface area contributed by atoms with Gasteiger partial charge in [-0.05, 0) is 70.6 Å². The van der Waals surface area contributed by atoms with Gasteiger partial charge >= 0.3 is 5.97 Å². The van der Waals surface area contributed by atoms with Crippen molar-refractivity contribution in [2.45, 2.75) is 0 Å². The van der Waals surface area contributed by atoms with E-state index < -0.39 is 5.97 Å². The van der Waals surface area contributed by atoms with E-state index in [1.54, 1.807) is 30.3 Å². The molecule has 1 aromatic heterocycles. The van der Waals surface area contributed by atoms with Crippen LogP contribution in [-0.2, 0) is 4.74 Å². The molecule has 26 heavy (non-hydrogen) atoms. The number of carbonyl (C=O) groups is 1. The summed E-state index contributed by atoms with van der Waals surface area (Å²) in [5, 5.41) is 9.45. The predicted molar refractivity (Wildman–Crippen MR) is 108 cm³/mol. The minimum Gasteiger partial charge on any atom is -0.465 e. The summed E-state index contributed by atoms with van der Waals surface area (Å²) in [6, 6.07) is 20.5. The zero-order valence-corrected chi connectivity index (χ0v) is 16.1. The van der Waals surface area contributed by atoms with Crippen molar-refractivity contribution in [2.75, 3.05) is 7.11 Å². The number of benzene rings is 2. The van der Waals surface area contributed by atoms with E-state index >= 15 is 0 Å². The van der Waals surface area contributed by atoms with Crippen molar-refractivity contribution in [2.24, 2.45) is 0 Å². The number of halogens is 1. The Morgan fingerprint density at radius 1 is 1.12 bits per heavy atom. The zero-order chi connectivity index (χ0) is 18.5. The highest BCUT2D eigenvalue weighted by Crippen LogP contribution is 2.26. The summed E-state index contributed by atoms with van der Waals surface area (Å²) in [4.78, 5) is 11.7. The average molecular weight is 455 g/mol. The molecule has 0 bridgehead atoms. The highest BCUT2D eigenvalue weighted by Gasteiger charge is 2.10. The lowest BCUT2D eigenvalue weighted by Crippen LogP contribution is -2.00. The van der Waals surface area contributed by atoms with Gasteiger partial charge in [0.25, 0.3) is 0 Å². The van der Waals surface area contributed by atoms with Crippen molar-refractivity contribution < 1.29 is 13.9 Å². The van der Waals surface area contributed by atoms with Crippen LogP contribution in [0.4, 0.5) is 0 Å². The van der Waals surface area contributed by atoms with E-state index in [0.29, 0.717) is 22.7 Å². The van der Waals surface area contributed by atoms with Crippen molar-refractivity contribution >= 4 is 40.2 Å². The largest absolute Gasteiger partial charge is 0.465 e. The van der Waals surface area contributed by atoms with Crippen LogP contribution in [0.15, 0.2) is 65.1 Å². The zero-order valence-electron chi connectivity index (χ0n) is 13.9. The maximum absolute atomic E-state index is 11.7. The van der Waals surface area contributed by atoms with Gasteiger partial charge in [0.2, 0.25) is 0 Å². The Morgan fingerprint density at radius 3 is 2.58 bits per heavy atom. The van der Waals surface area contributed by atoms with Gasteiger partial charge in [-0.15, -0.1) is 0 Å². The van der Waals surface area contributed by atoms with Crippen LogP contribution in [0.2, 0.25) is 0 Å². The standard InChI is InChI=1S/C21H14INO3/c1-25-21(24)16-4-2-3-15(11-16)20-10-9-19(26-20)12-17(13-23)14-5-7-18(22)8-6-14/h2-12H,1H3/b17-12-. The van der Waals surface area contributed by atoms with Gasteiger partial charge in [-0.25, -0.2) is 4.79 Å². The van der Waals surface area contributed by atoms with E-state index in [1.165, 1.54) is 7.11 Å². The number of ether oxygens (including phenoxy) is 1. The van der Waals surface area contributed by atoms with Crippen molar-refractivity contribution in [3.63, 3.8) is 0 Å². The maximum atomic E-state index is 11.7. The van der Waals surface area contributed by atoms with Crippen molar-refractivity contribution in [3.8, 4) is 17.4 Å². The maximum Gasteiger partial charge on any atom is 0.337 e. The highest BCUT2D eigenvalue weighted by molar-refractivity contribution is 14.1. The third-order valence-corrected chi connectivity index (χ3v) is 4.48. The molecular formula is C21H14INO3. The summed E-state index contributed by atoms with van der Waals surface area (Å²) < 4.78 is 11.7. The first-order valence-corrected chi connectivity index (χ1v) is 8.85. The van der Waals surface area contributed by atoms with Gasteiger partial charge in [0.15, 0.2) is 0 Å². The third-order valence-electron chi connectivity index (χ3n) is 3.76. The molecule has 3 rings (SSSR count). The second-order valence-corrected chi connectivity index (χ2v) is 6.70. The van der Waals surface area contributed by atoms with E-state index in [9.17, 15) is 10.1 Å². The average Bonchev–Trinajstić information content (AvgIpc) is 3.15. The molecule has 3 aromatic rings. The van der Waals surface area contributed by atoms with E-state index in [0.717, 1.165) is 14.7 Å². The van der Waals surface area contributed by atoms with Crippen LogP contribution in [0.5, 0.6) is 0 Å². The smallest absolute Gasteiger partial charge is 0.337 e. The molecule has 0 atom stereocenters. The Morgan fingerprint density at radius 2 is 1.88 bits per heavy atom. The summed E-state index contributed by atoms with van der Waals surface area (Å²) in [5.41, 5.74) is 2.57. The minimum absolute atomic E-state index is 0.399. The highest BCUT2D eigenvalue weighted by atomic mass is 127. The summed E-state index contributed by atoms with van der Waals surface area (Å²) in [6.45, 7) is 0. The number of allylic oxidation sites excluding steroid dienone is 1. The molecule has 0 aliphatic carbocycles. The van der Waals surface area contributed by atoms with Crippen LogP contribution in [0, 0.1) is 14.9 Å². The SMILES string of the molecule is COC(=O)c1cccc(-c2ccc(/C=C(/C#N)c3ccc(I)cc3)o2)c1. The predicted octanol–water partition coefficient (Wildman–Crippen LogP) is 5.40. The second-order valence-electron chi connectivity index (χ2n) is 5.45. The van der Waals surface area contributed by atoms with E-state index in [-0.39, 0.29) is 0 Å². The lowest BCUT2D eigenvalue weighted by Gasteiger charge is -2.02. The van der Waals surface area contributed by atoms with E-state index in [2.05, 4.69) is 28.7 Å². The van der Waals surface area contributed by atoms with E-state index in [4.69, 9.17) is 9.15 Å². The van der Waals surface area contributed by atoms with Crippen LogP contribution in [-0.4, -0.2) is 13.1 Å². The van der Waals surface area contributed by atoms with Crippen molar-refractivity contribution in [1.29, 1.82) is 5.26 Å². The number of rotatable bonds is 4. The van der Waals surface area contributed by atoms with Gasteiger partial charge in [0, 0.05) is 9.13 Å². The quantitative estimate of drug-likeness (QED) is 0.300. The molecule has 0 aliphatic rings. The first-order valence-electron chi connectivity index (χ1n) is 7.77.